The SMILES string of the molecule is CN1CCN(CCNC2CCN3CCCC3C2)C(c2ccccc2)C1. The fraction of sp³-hybridized carbons (Fsp3) is 0.714. The summed E-state index contributed by atoms with van der Waals surface area (Å²) in [6.07, 6.45) is 5.54. The van der Waals surface area contributed by atoms with Gasteiger partial charge in [0.15, 0.2) is 0 Å². The molecule has 138 valence electrons. The van der Waals surface area contributed by atoms with E-state index in [-0.39, 0.29) is 0 Å². The summed E-state index contributed by atoms with van der Waals surface area (Å²) in [6.45, 7) is 8.46. The summed E-state index contributed by atoms with van der Waals surface area (Å²) in [5.74, 6) is 0. The Morgan fingerprint density at radius 2 is 1.92 bits per heavy atom. The van der Waals surface area contributed by atoms with Gasteiger partial charge in [-0.2, -0.15) is 0 Å². The van der Waals surface area contributed by atoms with Crippen molar-refractivity contribution in [2.24, 2.45) is 0 Å². The summed E-state index contributed by atoms with van der Waals surface area (Å²) in [5, 5.41) is 3.88. The molecule has 1 N–H and O–H groups in total. The van der Waals surface area contributed by atoms with Gasteiger partial charge in [-0.15, -0.1) is 0 Å². The van der Waals surface area contributed by atoms with E-state index in [1.165, 1.54) is 57.4 Å². The molecule has 4 nitrogen and oxygen atoms in total. The van der Waals surface area contributed by atoms with Crippen molar-refractivity contribution in [3.63, 3.8) is 0 Å². The molecule has 0 spiro atoms. The first kappa shape index (κ1) is 17.5. The van der Waals surface area contributed by atoms with E-state index in [4.69, 9.17) is 0 Å². The lowest BCUT2D eigenvalue weighted by molar-refractivity contribution is 0.0878. The minimum absolute atomic E-state index is 0.540. The Labute approximate surface area is 153 Å². The standard InChI is InChI=1S/C21H34N4/c1-23-14-15-25(21(17-23)18-6-3-2-4-7-18)13-10-22-19-9-12-24-11-5-8-20(24)16-19/h2-4,6-7,19-22H,5,8-17H2,1H3. The molecule has 0 aliphatic carbocycles. The van der Waals surface area contributed by atoms with Gasteiger partial charge in [-0.1, -0.05) is 30.3 Å². The quantitative estimate of drug-likeness (QED) is 0.885. The van der Waals surface area contributed by atoms with E-state index in [2.05, 4.69) is 57.4 Å². The molecule has 0 aromatic heterocycles. The molecule has 3 aliphatic heterocycles. The zero-order chi connectivity index (χ0) is 17.1. The highest BCUT2D eigenvalue weighted by atomic mass is 15.3. The van der Waals surface area contributed by atoms with Crippen molar-refractivity contribution in [2.45, 2.75) is 43.8 Å². The summed E-state index contributed by atoms with van der Waals surface area (Å²) >= 11 is 0. The largest absolute Gasteiger partial charge is 0.313 e. The Hall–Kier alpha value is -0.940. The molecule has 3 atom stereocenters. The van der Waals surface area contributed by atoms with Crippen LogP contribution < -0.4 is 5.32 Å². The second-order valence-electron chi connectivity index (χ2n) is 8.23. The summed E-state index contributed by atoms with van der Waals surface area (Å²) in [6, 6.07) is 13.2. The van der Waals surface area contributed by atoms with Gasteiger partial charge in [-0.05, 0) is 51.4 Å². The predicted molar refractivity (Wildman–Crippen MR) is 104 cm³/mol. The van der Waals surface area contributed by atoms with Gasteiger partial charge in [-0.3, -0.25) is 4.90 Å². The third-order valence-electron chi connectivity index (χ3n) is 6.53. The second kappa shape index (κ2) is 8.17. The Bertz CT molecular complexity index is 534. The first-order valence-corrected chi connectivity index (χ1v) is 10.2. The van der Waals surface area contributed by atoms with Crippen LogP contribution in [0.2, 0.25) is 0 Å². The molecular weight excluding hydrogens is 308 g/mol. The van der Waals surface area contributed by atoms with Crippen LogP contribution >= 0.6 is 0 Å². The van der Waals surface area contributed by atoms with Crippen LogP contribution in [0.4, 0.5) is 0 Å². The Morgan fingerprint density at radius 3 is 2.80 bits per heavy atom. The van der Waals surface area contributed by atoms with E-state index < -0.39 is 0 Å². The molecule has 0 bridgehead atoms. The van der Waals surface area contributed by atoms with Gasteiger partial charge in [0.25, 0.3) is 0 Å². The summed E-state index contributed by atoms with van der Waals surface area (Å²) in [5.41, 5.74) is 1.47. The molecule has 1 aromatic carbocycles. The molecule has 4 rings (SSSR count). The fourth-order valence-corrected chi connectivity index (χ4v) is 5.04. The van der Waals surface area contributed by atoms with Crippen LogP contribution in [0.3, 0.4) is 0 Å². The average Bonchev–Trinajstić information content (AvgIpc) is 3.11. The summed E-state index contributed by atoms with van der Waals surface area (Å²) < 4.78 is 0. The van der Waals surface area contributed by atoms with Gasteiger partial charge >= 0.3 is 0 Å². The van der Waals surface area contributed by atoms with Crippen LogP contribution in [0.5, 0.6) is 0 Å². The number of nitrogens with zero attached hydrogens (tertiary/aromatic N) is 3. The van der Waals surface area contributed by atoms with Crippen molar-refractivity contribution in [3.8, 4) is 0 Å². The summed E-state index contributed by atoms with van der Waals surface area (Å²) in [4.78, 5) is 7.87. The van der Waals surface area contributed by atoms with Crippen molar-refractivity contribution in [2.75, 3.05) is 52.9 Å². The minimum Gasteiger partial charge on any atom is -0.313 e. The first-order chi connectivity index (χ1) is 12.3. The maximum absolute atomic E-state index is 3.88. The van der Waals surface area contributed by atoms with E-state index in [0.29, 0.717) is 6.04 Å². The molecule has 0 radical (unpaired) electrons. The lowest BCUT2D eigenvalue weighted by Crippen LogP contribution is -2.50. The molecule has 3 fully saturated rings. The third kappa shape index (κ3) is 4.25. The van der Waals surface area contributed by atoms with Gasteiger partial charge in [0, 0.05) is 50.8 Å². The molecule has 0 amide bonds. The maximum atomic E-state index is 3.88. The van der Waals surface area contributed by atoms with Crippen LogP contribution in [-0.4, -0.2) is 79.6 Å². The molecule has 25 heavy (non-hydrogen) atoms. The number of hydrogen-bond donors (Lipinski definition) is 1. The number of nitrogens with one attached hydrogen (secondary N) is 1. The molecule has 3 saturated heterocycles. The van der Waals surface area contributed by atoms with Gasteiger partial charge in [0.05, 0.1) is 0 Å². The third-order valence-corrected chi connectivity index (χ3v) is 6.53. The number of likely N-dealkylation sites (N-methyl/N-ethyl adjacent to an activating group) is 1. The van der Waals surface area contributed by atoms with Crippen molar-refractivity contribution in [3.05, 3.63) is 35.9 Å². The van der Waals surface area contributed by atoms with Crippen molar-refractivity contribution in [1.29, 1.82) is 0 Å². The highest BCUT2D eigenvalue weighted by Crippen LogP contribution is 2.27. The molecular formula is C21H34N4. The monoisotopic (exact) mass is 342 g/mol. The molecule has 4 heteroatoms. The van der Waals surface area contributed by atoms with Gasteiger partial charge in [-0.25, -0.2) is 0 Å². The molecule has 3 unspecified atom stereocenters. The first-order valence-electron chi connectivity index (χ1n) is 10.2. The lowest BCUT2D eigenvalue weighted by atomic mass is 9.97. The molecule has 1 aromatic rings. The average molecular weight is 343 g/mol. The van der Waals surface area contributed by atoms with Crippen LogP contribution in [0.1, 0.15) is 37.3 Å². The molecule has 3 aliphatic rings. The van der Waals surface area contributed by atoms with Crippen LogP contribution in [-0.2, 0) is 0 Å². The van der Waals surface area contributed by atoms with Crippen molar-refractivity contribution < 1.29 is 0 Å². The molecule has 0 saturated carbocycles. The van der Waals surface area contributed by atoms with E-state index in [9.17, 15) is 0 Å². The Balaban J connectivity index is 1.29. The van der Waals surface area contributed by atoms with Crippen molar-refractivity contribution in [1.82, 2.24) is 20.0 Å². The topological polar surface area (TPSA) is 21.8 Å². The molecule has 3 heterocycles. The van der Waals surface area contributed by atoms with Gasteiger partial charge in [0.1, 0.15) is 0 Å². The fourth-order valence-electron chi connectivity index (χ4n) is 5.04. The minimum atomic E-state index is 0.540. The van der Waals surface area contributed by atoms with E-state index in [1.807, 2.05) is 0 Å². The zero-order valence-corrected chi connectivity index (χ0v) is 15.7. The Morgan fingerprint density at radius 1 is 1.04 bits per heavy atom. The number of fused-ring (bicyclic) bond motifs is 1. The highest BCUT2D eigenvalue weighted by molar-refractivity contribution is 5.20. The zero-order valence-electron chi connectivity index (χ0n) is 15.7. The Kier molecular flexibility index (Phi) is 5.71. The van der Waals surface area contributed by atoms with Gasteiger partial charge in [0.2, 0.25) is 0 Å². The second-order valence-corrected chi connectivity index (χ2v) is 8.23. The van der Waals surface area contributed by atoms with E-state index in [0.717, 1.165) is 31.7 Å². The van der Waals surface area contributed by atoms with Gasteiger partial charge < -0.3 is 15.1 Å². The number of piperazine rings is 1. The summed E-state index contributed by atoms with van der Waals surface area (Å²) in [7, 11) is 2.25. The number of benzene rings is 1. The number of hydrogen-bond acceptors (Lipinski definition) is 4. The van der Waals surface area contributed by atoms with Crippen LogP contribution in [0, 0.1) is 0 Å². The van der Waals surface area contributed by atoms with Crippen LogP contribution in [0.15, 0.2) is 30.3 Å². The van der Waals surface area contributed by atoms with E-state index in [1.54, 1.807) is 0 Å². The predicted octanol–water partition coefficient (Wildman–Crippen LogP) is 2.19. The van der Waals surface area contributed by atoms with Crippen molar-refractivity contribution >= 4 is 0 Å². The normalized spacial score (nSPS) is 32.0. The maximum Gasteiger partial charge on any atom is 0.0476 e. The van der Waals surface area contributed by atoms with Crippen LogP contribution in [0.25, 0.3) is 0 Å². The number of rotatable bonds is 5. The highest BCUT2D eigenvalue weighted by Gasteiger charge is 2.31. The van der Waals surface area contributed by atoms with E-state index >= 15 is 0 Å². The smallest absolute Gasteiger partial charge is 0.0476 e. The number of piperidine rings is 1. The lowest BCUT2D eigenvalue weighted by Gasteiger charge is -2.41.